The number of amides is 1. The third-order valence-corrected chi connectivity index (χ3v) is 2.46. The van der Waals surface area contributed by atoms with Crippen LogP contribution in [-0.4, -0.2) is 53.7 Å². The quantitative estimate of drug-likeness (QED) is 0.400. The molecule has 24 heavy (non-hydrogen) atoms. The standard InChI is InChI=1S/C13H18N2O4.H2O4S/c14-11(8-16)12(17)6-7-15-13(18)19-9-10-4-2-1-3-5-10;1-5(2,3)4/h1-5,11,16H,6-9,14H2,(H,15,18);(H2,1,2,3,4). The Labute approximate surface area is 139 Å². The highest BCUT2D eigenvalue weighted by molar-refractivity contribution is 7.79. The maximum absolute atomic E-state index is 11.3. The Balaban J connectivity index is 0.000000922. The van der Waals surface area contributed by atoms with Gasteiger partial charge in [0.15, 0.2) is 5.78 Å². The predicted octanol–water partition coefficient (Wildman–Crippen LogP) is -0.461. The van der Waals surface area contributed by atoms with Crippen LogP contribution in [0.2, 0.25) is 0 Å². The summed E-state index contributed by atoms with van der Waals surface area (Å²) in [5, 5.41) is 11.1. The van der Waals surface area contributed by atoms with Crippen LogP contribution in [0.4, 0.5) is 4.79 Å². The van der Waals surface area contributed by atoms with Crippen molar-refractivity contribution in [1.82, 2.24) is 5.32 Å². The van der Waals surface area contributed by atoms with Gasteiger partial charge in [-0.25, -0.2) is 4.79 Å². The molecule has 10 nitrogen and oxygen atoms in total. The van der Waals surface area contributed by atoms with E-state index in [9.17, 15) is 9.59 Å². The Morgan fingerprint density at radius 2 is 1.75 bits per heavy atom. The summed E-state index contributed by atoms with van der Waals surface area (Å²) in [5.41, 5.74) is 6.21. The average Bonchev–Trinajstić information content (AvgIpc) is 2.51. The molecular weight excluding hydrogens is 344 g/mol. The molecule has 1 amide bonds. The molecule has 1 unspecified atom stereocenters. The number of hydrogen-bond donors (Lipinski definition) is 5. The predicted molar refractivity (Wildman–Crippen MR) is 83.5 cm³/mol. The van der Waals surface area contributed by atoms with Crippen molar-refractivity contribution in [1.29, 1.82) is 0 Å². The lowest BCUT2D eigenvalue weighted by molar-refractivity contribution is -0.120. The van der Waals surface area contributed by atoms with E-state index < -0.39 is 29.1 Å². The van der Waals surface area contributed by atoms with Crippen LogP contribution in [0.3, 0.4) is 0 Å². The van der Waals surface area contributed by atoms with Gasteiger partial charge in [0.25, 0.3) is 0 Å². The number of rotatable bonds is 7. The van der Waals surface area contributed by atoms with Gasteiger partial charge in [0.1, 0.15) is 6.61 Å². The van der Waals surface area contributed by atoms with Gasteiger partial charge in [0, 0.05) is 13.0 Å². The summed E-state index contributed by atoms with van der Waals surface area (Å²) in [5.74, 6) is -0.300. The molecule has 0 saturated heterocycles. The van der Waals surface area contributed by atoms with E-state index >= 15 is 0 Å². The molecule has 1 rings (SSSR count). The number of benzene rings is 1. The zero-order valence-electron chi connectivity index (χ0n) is 12.7. The third-order valence-electron chi connectivity index (χ3n) is 2.46. The summed E-state index contributed by atoms with van der Waals surface area (Å²) in [4.78, 5) is 22.6. The number of hydrogen-bond acceptors (Lipinski definition) is 7. The lowest BCUT2D eigenvalue weighted by atomic mass is 10.1. The Bertz CT molecular complexity index is 598. The van der Waals surface area contributed by atoms with Crippen molar-refractivity contribution in [2.45, 2.75) is 19.1 Å². The van der Waals surface area contributed by atoms with Gasteiger partial charge in [0.2, 0.25) is 0 Å². The van der Waals surface area contributed by atoms with Crippen molar-refractivity contribution in [3.8, 4) is 0 Å². The summed E-state index contributed by atoms with van der Waals surface area (Å²) in [6.07, 6.45) is -0.517. The number of aliphatic hydroxyl groups excluding tert-OH is 1. The van der Waals surface area contributed by atoms with Crippen LogP contribution >= 0.6 is 0 Å². The summed E-state index contributed by atoms with van der Waals surface area (Å²) < 4.78 is 36.5. The second kappa shape index (κ2) is 11.5. The molecule has 0 aliphatic heterocycles. The molecule has 1 aromatic rings. The van der Waals surface area contributed by atoms with E-state index in [1.165, 1.54) is 0 Å². The first-order valence-electron chi connectivity index (χ1n) is 6.67. The normalized spacial score (nSPS) is 11.7. The summed E-state index contributed by atoms with van der Waals surface area (Å²) in [7, 11) is -4.67. The van der Waals surface area contributed by atoms with Crippen LogP contribution in [0.5, 0.6) is 0 Å². The van der Waals surface area contributed by atoms with Crippen molar-refractivity contribution in [2.24, 2.45) is 5.73 Å². The van der Waals surface area contributed by atoms with Crippen LogP contribution in [0, 0.1) is 0 Å². The number of ether oxygens (including phenoxy) is 1. The SMILES string of the molecule is NC(CO)C(=O)CCNC(=O)OCc1ccccc1.O=S(=O)(O)O. The van der Waals surface area contributed by atoms with Gasteiger partial charge in [-0.3, -0.25) is 13.9 Å². The maximum Gasteiger partial charge on any atom is 0.407 e. The highest BCUT2D eigenvalue weighted by Gasteiger charge is 2.12. The number of alkyl carbamates (subject to hydrolysis) is 1. The Kier molecular flexibility index (Phi) is 10.5. The molecule has 6 N–H and O–H groups in total. The minimum Gasteiger partial charge on any atom is -0.445 e. The van der Waals surface area contributed by atoms with E-state index in [4.69, 9.17) is 33.1 Å². The van der Waals surface area contributed by atoms with E-state index in [1.54, 1.807) is 0 Å². The molecule has 0 aliphatic rings. The van der Waals surface area contributed by atoms with E-state index in [2.05, 4.69) is 5.32 Å². The van der Waals surface area contributed by atoms with Crippen LogP contribution in [0.25, 0.3) is 0 Å². The highest BCUT2D eigenvalue weighted by atomic mass is 32.3. The molecule has 1 atom stereocenters. The first-order chi connectivity index (χ1) is 11.1. The molecule has 11 heteroatoms. The lowest BCUT2D eigenvalue weighted by Crippen LogP contribution is -2.36. The van der Waals surface area contributed by atoms with Gasteiger partial charge < -0.3 is 20.9 Å². The summed E-state index contributed by atoms with van der Waals surface area (Å²) >= 11 is 0. The van der Waals surface area contributed by atoms with E-state index in [-0.39, 0.29) is 25.4 Å². The second-order valence-electron chi connectivity index (χ2n) is 4.44. The Morgan fingerprint density at radius 1 is 1.21 bits per heavy atom. The fraction of sp³-hybridized carbons (Fsp3) is 0.385. The third kappa shape index (κ3) is 13.6. The van der Waals surface area contributed by atoms with E-state index in [1.807, 2.05) is 30.3 Å². The van der Waals surface area contributed by atoms with Gasteiger partial charge in [0.05, 0.1) is 12.6 Å². The van der Waals surface area contributed by atoms with Crippen molar-refractivity contribution < 1.29 is 37.0 Å². The molecule has 0 aliphatic carbocycles. The molecule has 1 aromatic carbocycles. The number of aliphatic hydroxyl groups is 1. The number of Topliss-reactive ketones (excluding diaryl/α,β-unsaturated/α-hetero) is 1. The molecule has 0 saturated carbocycles. The van der Waals surface area contributed by atoms with Gasteiger partial charge in [-0.1, -0.05) is 30.3 Å². The monoisotopic (exact) mass is 364 g/mol. The first-order valence-corrected chi connectivity index (χ1v) is 8.06. The maximum atomic E-state index is 11.3. The molecule has 0 heterocycles. The van der Waals surface area contributed by atoms with Crippen LogP contribution in [0.15, 0.2) is 30.3 Å². The molecule has 0 radical (unpaired) electrons. The van der Waals surface area contributed by atoms with Crippen molar-refractivity contribution in [3.63, 3.8) is 0 Å². The summed E-state index contributed by atoms with van der Waals surface area (Å²) in [6, 6.07) is 8.38. The smallest absolute Gasteiger partial charge is 0.407 e. The first kappa shape index (κ1) is 21.9. The number of nitrogens with one attached hydrogen (secondary N) is 1. The largest absolute Gasteiger partial charge is 0.445 e. The average molecular weight is 364 g/mol. The van der Waals surface area contributed by atoms with Crippen molar-refractivity contribution in [2.75, 3.05) is 13.2 Å². The number of nitrogens with two attached hydrogens (primary N) is 1. The Morgan fingerprint density at radius 3 is 2.25 bits per heavy atom. The number of carbonyl (C=O) groups is 2. The van der Waals surface area contributed by atoms with Crippen molar-refractivity contribution in [3.05, 3.63) is 35.9 Å². The topological polar surface area (TPSA) is 176 Å². The van der Waals surface area contributed by atoms with Gasteiger partial charge >= 0.3 is 16.5 Å². The van der Waals surface area contributed by atoms with Crippen LogP contribution in [0.1, 0.15) is 12.0 Å². The van der Waals surface area contributed by atoms with E-state index in [0.717, 1.165) is 5.56 Å². The fourth-order valence-corrected chi connectivity index (χ4v) is 1.35. The highest BCUT2D eigenvalue weighted by Crippen LogP contribution is 2.00. The van der Waals surface area contributed by atoms with Gasteiger partial charge in [-0.05, 0) is 5.56 Å². The van der Waals surface area contributed by atoms with Gasteiger partial charge in [-0.2, -0.15) is 8.42 Å². The van der Waals surface area contributed by atoms with Gasteiger partial charge in [-0.15, -0.1) is 0 Å². The van der Waals surface area contributed by atoms with Crippen LogP contribution in [-0.2, 0) is 26.5 Å². The minimum atomic E-state index is -4.67. The molecular formula is C13H20N2O8S. The molecule has 0 bridgehead atoms. The zero-order chi connectivity index (χ0) is 18.6. The zero-order valence-corrected chi connectivity index (χ0v) is 13.5. The molecule has 0 spiro atoms. The summed E-state index contributed by atoms with van der Waals surface area (Å²) in [6.45, 7) is -0.0752. The lowest BCUT2D eigenvalue weighted by Gasteiger charge is -2.08. The fourth-order valence-electron chi connectivity index (χ4n) is 1.35. The van der Waals surface area contributed by atoms with Crippen molar-refractivity contribution >= 4 is 22.3 Å². The van der Waals surface area contributed by atoms with Crippen LogP contribution < -0.4 is 11.1 Å². The molecule has 0 fully saturated rings. The minimum absolute atomic E-state index is 0.0716. The van der Waals surface area contributed by atoms with E-state index in [0.29, 0.717) is 0 Å². The molecule has 0 aromatic heterocycles. The Hall–Kier alpha value is -2.05. The number of carbonyl (C=O) groups excluding carboxylic acids is 2. The number of ketones is 1. The molecule has 136 valence electrons. The second-order valence-corrected chi connectivity index (χ2v) is 5.34.